The Morgan fingerprint density at radius 1 is 0.697 bits per heavy atom. The van der Waals surface area contributed by atoms with Crippen LogP contribution < -0.4 is 5.32 Å². The van der Waals surface area contributed by atoms with Gasteiger partial charge in [-0.1, -0.05) is 66.7 Å². The van der Waals surface area contributed by atoms with Crippen molar-refractivity contribution in [2.45, 2.75) is 6.42 Å². The molecule has 5 heteroatoms. The van der Waals surface area contributed by atoms with E-state index < -0.39 is 0 Å². The van der Waals surface area contributed by atoms with Crippen LogP contribution in [0.5, 0.6) is 0 Å². The number of aromatic nitrogens is 3. The first-order valence-electron chi connectivity index (χ1n) is 10.9. The summed E-state index contributed by atoms with van der Waals surface area (Å²) in [5.41, 5.74) is 6.54. The van der Waals surface area contributed by atoms with E-state index in [1.54, 1.807) is 18.3 Å². The van der Waals surface area contributed by atoms with Gasteiger partial charge in [-0.05, 0) is 30.3 Å². The zero-order valence-electron chi connectivity index (χ0n) is 18.0. The topological polar surface area (TPSA) is 67.8 Å². The maximum atomic E-state index is 12.7. The molecule has 0 saturated heterocycles. The van der Waals surface area contributed by atoms with Gasteiger partial charge in [-0.2, -0.15) is 0 Å². The molecule has 0 unspecified atom stereocenters. The van der Waals surface area contributed by atoms with Crippen LogP contribution in [0.15, 0.2) is 103 Å². The van der Waals surface area contributed by atoms with E-state index in [1.807, 2.05) is 84.9 Å². The SMILES string of the molecule is O=C(NCCc1ccccn1)c1ccc2nc(-c3ccccc3)c(-c3ccccc3)nc2c1. The Bertz CT molecular complexity index is 1390. The van der Waals surface area contributed by atoms with Crippen molar-refractivity contribution in [3.05, 3.63) is 115 Å². The number of carbonyl (C=O) groups is 1. The fourth-order valence-electron chi connectivity index (χ4n) is 3.74. The van der Waals surface area contributed by atoms with Crippen LogP contribution in [0.3, 0.4) is 0 Å². The summed E-state index contributed by atoms with van der Waals surface area (Å²) in [4.78, 5) is 26.9. The third-order valence-electron chi connectivity index (χ3n) is 5.41. The van der Waals surface area contributed by atoms with Crippen molar-refractivity contribution in [1.82, 2.24) is 20.3 Å². The summed E-state index contributed by atoms with van der Waals surface area (Å²) in [6.07, 6.45) is 2.44. The summed E-state index contributed by atoms with van der Waals surface area (Å²) in [5, 5.41) is 2.97. The third-order valence-corrected chi connectivity index (χ3v) is 5.41. The van der Waals surface area contributed by atoms with Gasteiger partial charge in [-0.15, -0.1) is 0 Å². The summed E-state index contributed by atoms with van der Waals surface area (Å²) in [6.45, 7) is 0.516. The molecule has 2 heterocycles. The lowest BCUT2D eigenvalue weighted by atomic mass is 10.0. The van der Waals surface area contributed by atoms with Crippen molar-refractivity contribution in [2.75, 3.05) is 6.54 Å². The average molecular weight is 431 g/mol. The number of benzene rings is 3. The molecule has 5 nitrogen and oxygen atoms in total. The fourth-order valence-corrected chi connectivity index (χ4v) is 3.74. The summed E-state index contributed by atoms with van der Waals surface area (Å²) in [7, 11) is 0. The van der Waals surface area contributed by atoms with Crippen molar-refractivity contribution < 1.29 is 4.79 Å². The van der Waals surface area contributed by atoms with E-state index >= 15 is 0 Å². The average Bonchev–Trinajstić information content (AvgIpc) is 2.89. The highest BCUT2D eigenvalue weighted by atomic mass is 16.1. The van der Waals surface area contributed by atoms with Crippen molar-refractivity contribution in [3.63, 3.8) is 0 Å². The highest BCUT2D eigenvalue weighted by Crippen LogP contribution is 2.31. The molecule has 0 spiro atoms. The first kappa shape index (κ1) is 20.5. The smallest absolute Gasteiger partial charge is 0.251 e. The lowest BCUT2D eigenvalue weighted by molar-refractivity contribution is 0.0954. The van der Waals surface area contributed by atoms with Gasteiger partial charge in [-0.3, -0.25) is 9.78 Å². The quantitative estimate of drug-likeness (QED) is 0.395. The minimum absolute atomic E-state index is 0.136. The largest absolute Gasteiger partial charge is 0.352 e. The Kier molecular flexibility index (Phi) is 5.85. The van der Waals surface area contributed by atoms with E-state index in [0.717, 1.165) is 33.7 Å². The number of nitrogens with one attached hydrogen (secondary N) is 1. The molecule has 3 aromatic carbocycles. The number of amides is 1. The Morgan fingerprint density at radius 2 is 1.33 bits per heavy atom. The Morgan fingerprint density at radius 3 is 1.97 bits per heavy atom. The maximum Gasteiger partial charge on any atom is 0.251 e. The van der Waals surface area contributed by atoms with Gasteiger partial charge >= 0.3 is 0 Å². The van der Waals surface area contributed by atoms with Crippen LogP contribution in [-0.2, 0) is 6.42 Å². The van der Waals surface area contributed by atoms with Crippen LogP contribution in [-0.4, -0.2) is 27.4 Å². The molecule has 5 aromatic rings. The fraction of sp³-hybridized carbons (Fsp3) is 0.0714. The van der Waals surface area contributed by atoms with Crippen molar-refractivity contribution >= 4 is 16.9 Å². The van der Waals surface area contributed by atoms with E-state index in [9.17, 15) is 4.79 Å². The summed E-state index contributed by atoms with van der Waals surface area (Å²) < 4.78 is 0. The van der Waals surface area contributed by atoms with Crippen LogP contribution in [0.4, 0.5) is 0 Å². The number of pyridine rings is 1. The molecule has 0 atom stereocenters. The van der Waals surface area contributed by atoms with E-state index in [0.29, 0.717) is 24.0 Å². The number of hydrogen-bond donors (Lipinski definition) is 1. The molecule has 0 saturated carbocycles. The van der Waals surface area contributed by atoms with Gasteiger partial charge in [-0.25, -0.2) is 9.97 Å². The second kappa shape index (κ2) is 9.40. The van der Waals surface area contributed by atoms with Crippen LogP contribution in [0.1, 0.15) is 16.1 Å². The molecule has 1 N–H and O–H groups in total. The lowest BCUT2D eigenvalue weighted by Crippen LogP contribution is -2.25. The van der Waals surface area contributed by atoms with E-state index in [1.165, 1.54) is 0 Å². The third kappa shape index (κ3) is 4.62. The molecule has 0 bridgehead atoms. The van der Waals surface area contributed by atoms with Gasteiger partial charge in [0.15, 0.2) is 0 Å². The number of nitrogens with zero attached hydrogens (tertiary/aromatic N) is 3. The molecular formula is C28H22N4O. The Balaban J connectivity index is 1.47. The van der Waals surface area contributed by atoms with Gasteiger partial charge in [0.05, 0.1) is 22.4 Å². The number of carbonyl (C=O) groups excluding carboxylic acids is 1. The predicted octanol–water partition coefficient (Wildman–Crippen LogP) is 5.33. The van der Waals surface area contributed by atoms with Crippen LogP contribution in [0.2, 0.25) is 0 Å². The summed E-state index contributed by atoms with van der Waals surface area (Å²) in [6, 6.07) is 31.3. The molecule has 0 aliphatic rings. The Hall–Kier alpha value is -4.38. The van der Waals surface area contributed by atoms with Gasteiger partial charge in [0.1, 0.15) is 0 Å². The van der Waals surface area contributed by atoms with Crippen LogP contribution in [0.25, 0.3) is 33.5 Å². The summed E-state index contributed by atoms with van der Waals surface area (Å²) >= 11 is 0. The van der Waals surface area contributed by atoms with E-state index in [4.69, 9.17) is 9.97 Å². The molecule has 5 rings (SSSR count). The molecule has 160 valence electrons. The van der Waals surface area contributed by atoms with Gasteiger partial charge in [0, 0.05) is 41.5 Å². The summed E-state index contributed by atoms with van der Waals surface area (Å²) in [5.74, 6) is -0.136. The standard InChI is InChI=1S/C28H22N4O/c33-28(30-18-16-23-13-7-8-17-29-23)22-14-15-24-25(19-22)32-27(21-11-5-2-6-12-21)26(31-24)20-9-3-1-4-10-20/h1-15,17,19H,16,18H2,(H,30,33). The lowest BCUT2D eigenvalue weighted by Gasteiger charge is -2.11. The second-order valence-electron chi connectivity index (χ2n) is 7.68. The Labute approximate surface area is 192 Å². The van der Waals surface area contributed by atoms with Crippen LogP contribution >= 0.6 is 0 Å². The monoisotopic (exact) mass is 430 g/mol. The number of hydrogen-bond acceptors (Lipinski definition) is 4. The van der Waals surface area contributed by atoms with Crippen LogP contribution in [0, 0.1) is 0 Å². The zero-order valence-corrected chi connectivity index (χ0v) is 18.0. The molecule has 0 aliphatic heterocycles. The molecule has 0 fully saturated rings. The predicted molar refractivity (Wildman–Crippen MR) is 131 cm³/mol. The van der Waals surface area contributed by atoms with E-state index in [-0.39, 0.29) is 5.91 Å². The minimum Gasteiger partial charge on any atom is -0.352 e. The first-order valence-corrected chi connectivity index (χ1v) is 10.9. The first-order chi connectivity index (χ1) is 16.3. The molecule has 0 radical (unpaired) electrons. The highest BCUT2D eigenvalue weighted by Gasteiger charge is 2.14. The van der Waals surface area contributed by atoms with Crippen molar-refractivity contribution in [3.8, 4) is 22.5 Å². The van der Waals surface area contributed by atoms with Gasteiger partial charge < -0.3 is 5.32 Å². The molecule has 2 aromatic heterocycles. The maximum absolute atomic E-state index is 12.7. The molecule has 33 heavy (non-hydrogen) atoms. The highest BCUT2D eigenvalue weighted by molar-refractivity contribution is 5.98. The second-order valence-corrected chi connectivity index (χ2v) is 7.68. The number of fused-ring (bicyclic) bond motifs is 1. The molecular weight excluding hydrogens is 408 g/mol. The van der Waals surface area contributed by atoms with Crippen molar-refractivity contribution in [1.29, 1.82) is 0 Å². The zero-order chi connectivity index (χ0) is 22.5. The molecule has 1 amide bonds. The minimum atomic E-state index is -0.136. The normalized spacial score (nSPS) is 10.8. The van der Waals surface area contributed by atoms with Gasteiger partial charge in [0.25, 0.3) is 5.91 Å². The van der Waals surface area contributed by atoms with E-state index in [2.05, 4.69) is 10.3 Å². The van der Waals surface area contributed by atoms with Gasteiger partial charge in [0.2, 0.25) is 0 Å². The number of rotatable bonds is 6. The van der Waals surface area contributed by atoms with Crippen molar-refractivity contribution in [2.24, 2.45) is 0 Å². The molecule has 0 aliphatic carbocycles.